The van der Waals surface area contributed by atoms with E-state index in [0.717, 1.165) is 31.5 Å². The van der Waals surface area contributed by atoms with Gasteiger partial charge in [0.25, 0.3) is 10.0 Å². The maximum atomic E-state index is 13.8. The number of pyridine rings is 1. The molecule has 1 saturated heterocycles. The number of rotatable bonds is 4. The number of nitrogens with zero attached hydrogens (tertiary/aromatic N) is 6. The Kier molecular flexibility index (Phi) is 5.68. The molecule has 10 heteroatoms. The van der Waals surface area contributed by atoms with Crippen LogP contribution in [0.3, 0.4) is 0 Å². The lowest BCUT2D eigenvalue weighted by Gasteiger charge is -2.28. The second-order valence-electron chi connectivity index (χ2n) is 8.69. The largest absolute Gasteiger partial charge is 0.306 e. The molecule has 0 saturated carbocycles. The molecule has 4 aromatic rings. The van der Waals surface area contributed by atoms with Gasteiger partial charge in [0.2, 0.25) is 0 Å². The standard InChI is InChI=1S/C24H23ClN6O2S/c1-16-3-5-20(6-4-16)34(32,33)31-22(11-21-23(25)17(12-26)13-27-24(21)31)18-14-28-30(15-18)19-7-9-29(2)10-8-19/h3-6,11,13-15,19H,7-10H2,1-2H3. The quantitative estimate of drug-likeness (QED) is 0.421. The Morgan fingerprint density at radius 2 is 1.85 bits per heavy atom. The second-order valence-corrected chi connectivity index (χ2v) is 10.9. The Hall–Kier alpha value is -3.19. The molecule has 0 bridgehead atoms. The Balaban J connectivity index is 1.70. The minimum absolute atomic E-state index is 0.141. The molecule has 34 heavy (non-hydrogen) atoms. The van der Waals surface area contributed by atoms with E-state index in [1.807, 2.05) is 23.9 Å². The molecule has 0 radical (unpaired) electrons. The monoisotopic (exact) mass is 494 g/mol. The first-order chi connectivity index (χ1) is 16.3. The Morgan fingerprint density at radius 1 is 1.15 bits per heavy atom. The third-order valence-electron chi connectivity index (χ3n) is 6.36. The van der Waals surface area contributed by atoms with Gasteiger partial charge in [-0.25, -0.2) is 17.4 Å². The predicted molar refractivity (Wildman–Crippen MR) is 130 cm³/mol. The maximum absolute atomic E-state index is 13.8. The normalized spacial score (nSPS) is 15.6. The lowest BCUT2D eigenvalue weighted by molar-refractivity contribution is 0.212. The van der Waals surface area contributed by atoms with E-state index in [1.165, 1.54) is 10.2 Å². The Labute approximate surface area is 203 Å². The average molecular weight is 495 g/mol. The number of likely N-dealkylation sites (tertiary alicyclic amines) is 1. The van der Waals surface area contributed by atoms with Crippen molar-refractivity contribution in [2.45, 2.75) is 30.7 Å². The number of aryl methyl sites for hydroxylation is 1. The van der Waals surface area contributed by atoms with Crippen molar-refractivity contribution in [3.05, 3.63) is 65.1 Å². The van der Waals surface area contributed by atoms with Crippen molar-refractivity contribution in [1.29, 1.82) is 5.26 Å². The van der Waals surface area contributed by atoms with Crippen LogP contribution in [0.1, 0.15) is 30.0 Å². The van der Waals surface area contributed by atoms with Gasteiger partial charge >= 0.3 is 0 Å². The number of hydrogen-bond donors (Lipinski definition) is 0. The van der Waals surface area contributed by atoms with E-state index in [9.17, 15) is 13.7 Å². The summed E-state index contributed by atoms with van der Waals surface area (Å²) in [6.07, 6.45) is 6.80. The highest BCUT2D eigenvalue weighted by atomic mass is 35.5. The molecular weight excluding hydrogens is 472 g/mol. The van der Waals surface area contributed by atoms with E-state index in [-0.39, 0.29) is 27.2 Å². The molecule has 1 aliphatic rings. The summed E-state index contributed by atoms with van der Waals surface area (Å²) in [7, 11) is -1.91. The van der Waals surface area contributed by atoms with Gasteiger partial charge < -0.3 is 4.90 Å². The van der Waals surface area contributed by atoms with Crippen LogP contribution in [-0.2, 0) is 10.0 Å². The molecule has 0 spiro atoms. The zero-order chi connectivity index (χ0) is 24.0. The molecule has 5 rings (SSSR count). The van der Waals surface area contributed by atoms with Crippen molar-refractivity contribution in [2.75, 3.05) is 20.1 Å². The maximum Gasteiger partial charge on any atom is 0.269 e. The highest BCUT2D eigenvalue weighted by Crippen LogP contribution is 2.36. The minimum Gasteiger partial charge on any atom is -0.306 e. The summed E-state index contributed by atoms with van der Waals surface area (Å²) in [5.41, 5.74) is 2.36. The van der Waals surface area contributed by atoms with Crippen LogP contribution < -0.4 is 0 Å². The van der Waals surface area contributed by atoms with Crippen molar-refractivity contribution in [3.63, 3.8) is 0 Å². The van der Waals surface area contributed by atoms with Crippen LogP contribution in [0.5, 0.6) is 0 Å². The molecule has 3 aromatic heterocycles. The van der Waals surface area contributed by atoms with Gasteiger partial charge in [-0.05, 0) is 58.1 Å². The van der Waals surface area contributed by atoms with Crippen molar-refractivity contribution in [3.8, 4) is 17.3 Å². The summed E-state index contributed by atoms with van der Waals surface area (Å²) >= 11 is 6.48. The predicted octanol–water partition coefficient (Wildman–Crippen LogP) is 4.24. The summed E-state index contributed by atoms with van der Waals surface area (Å²) in [4.78, 5) is 6.74. The highest BCUT2D eigenvalue weighted by Gasteiger charge is 2.28. The van der Waals surface area contributed by atoms with Gasteiger partial charge in [-0.2, -0.15) is 10.4 Å². The van der Waals surface area contributed by atoms with Gasteiger partial charge in [0.1, 0.15) is 6.07 Å². The van der Waals surface area contributed by atoms with E-state index in [4.69, 9.17) is 11.6 Å². The fourth-order valence-corrected chi connectivity index (χ4v) is 6.07. The molecule has 4 heterocycles. The number of nitriles is 1. The second kappa shape index (κ2) is 8.55. The summed E-state index contributed by atoms with van der Waals surface area (Å²) in [5, 5.41) is 14.5. The molecule has 8 nitrogen and oxygen atoms in total. The van der Waals surface area contributed by atoms with Crippen molar-refractivity contribution in [1.82, 2.24) is 23.6 Å². The van der Waals surface area contributed by atoms with Gasteiger partial charge in [-0.3, -0.25) is 4.68 Å². The zero-order valence-corrected chi connectivity index (χ0v) is 20.4. The van der Waals surface area contributed by atoms with Crippen LogP contribution in [-0.4, -0.2) is 52.2 Å². The number of piperidine rings is 1. The van der Waals surface area contributed by atoms with Crippen LogP contribution in [0.4, 0.5) is 0 Å². The summed E-state index contributed by atoms with van der Waals surface area (Å²) in [6.45, 7) is 3.87. The molecule has 0 N–H and O–H groups in total. The van der Waals surface area contributed by atoms with Gasteiger partial charge in [-0.15, -0.1) is 0 Å². The van der Waals surface area contributed by atoms with E-state index in [0.29, 0.717) is 16.6 Å². The van der Waals surface area contributed by atoms with Crippen LogP contribution in [0, 0.1) is 18.3 Å². The molecule has 1 aromatic carbocycles. The molecule has 0 unspecified atom stereocenters. The van der Waals surface area contributed by atoms with Gasteiger partial charge in [-0.1, -0.05) is 29.3 Å². The van der Waals surface area contributed by atoms with Gasteiger partial charge in [0.15, 0.2) is 5.65 Å². The zero-order valence-electron chi connectivity index (χ0n) is 18.8. The fourth-order valence-electron chi connectivity index (χ4n) is 4.36. The van der Waals surface area contributed by atoms with E-state index in [2.05, 4.69) is 22.0 Å². The van der Waals surface area contributed by atoms with Crippen molar-refractivity contribution in [2.24, 2.45) is 0 Å². The molecule has 174 valence electrons. The number of hydrogen-bond acceptors (Lipinski definition) is 6. The van der Waals surface area contributed by atoms with Gasteiger partial charge in [0, 0.05) is 23.3 Å². The first kappa shape index (κ1) is 22.6. The molecule has 1 fully saturated rings. The van der Waals surface area contributed by atoms with Crippen LogP contribution in [0.2, 0.25) is 5.02 Å². The Morgan fingerprint density at radius 3 is 2.53 bits per heavy atom. The summed E-state index contributed by atoms with van der Waals surface area (Å²) < 4.78 is 30.7. The fraction of sp³-hybridized carbons (Fsp3) is 0.292. The molecule has 0 atom stereocenters. The first-order valence-electron chi connectivity index (χ1n) is 10.9. The molecule has 0 amide bonds. The Bertz CT molecular complexity index is 1520. The average Bonchev–Trinajstić information content (AvgIpc) is 3.46. The third-order valence-corrected chi connectivity index (χ3v) is 8.49. The first-order valence-corrected chi connectivity index (χ1v) is 12.8. The number of halogens is 1. The SMILES string of the molecule is Cc1ccc(S(=O)(=O)n2c(-c3cnn(C4CCN(C)CC4)c3)cc3c(Cl)c(C#N)cnc32)cc1. The lowest BCUT2D eigenvalue weighted by Crippen LogP contribution is -2.31. The van der Waals surface area contributed by atoms with Crippen molar-refractivity contribution >= 4 is 32.7 Å². The van der Waals surface area contributed by atoms with Crippen LogP contribution in [0.15, 0.2) is 53.8 Å². The minimum atomic E-state index is -4.01. The lowest BCUT2D eigenvalue weighted by atomic mass is 10.1. The third kappa shape index (κ3) is 3.78. The molecule has 0 aliphatic carbocycles. The van der Waals surface area contributed by atoms with Gasteiger partial charge in [0.05, 0.1) is 33.4 Å². The summed E-state index contributed by atoms with van der Waals surface area (Å²) in [6, 6.07) is 10.6. The summed E-state index contributed by atoms with van der Waals surface area (Å²) in [5.74, 6) is 0. The highest BCUT2D eigenvalue weighted by molar-refractivity contribution is 7.90. The molecule has 1 aliphatic heterocycles. The topological polar surface area (TPSA) is 96.8 Å². The van der Waals surface area contributed by atoms with E-state index < -0.39 is 10.0 Å². The van der Waals surface area contributed by atoms with E-state index >= 15 is 0 Å². The number of fused-ring (bicyclic) bond motifs is 1. The smallest absolute Gasteiger partial charge is 0.269 e. The van der Waals surface area contributed by atoms with Crippen LogP contribution >= 0.6 is 11.6 Å². The van der Waals surface area contributed by atoms with E-state index in [1.54, 1.807) is 36.5 Å². The number of aromatic nitrogens is 4. The molecular formula is C24H23ClN6O2S. The number of benzene rings is 1. The van der Waals surface area contributed by atoms with Crippen LogP contribution in [0.25, 0.3) is 22.3 Å². The van der Waals surface area contributed by atoms with Crippen molar-refractivity contribution < 1.29 is 8.42 Å².